The molecule has 1 aliphatic carbocycles. The summed E-state index contributed by atoms with van der Waals surface area (Å²) in [7, 11) is 0. The fourth-order valence-electron chi connectivity index (χ4n) is 5.44. The maximum Gasteiger partial charge on any atom is 0.257 e. The van der Waals surface area contributed by atoms with Crippen molar-refractivity contribution in [2.24, 2.45) is 11.3 Å². The highest BCUT2D eigenvalue weighted by atomic mass is 19.1. The number of halogens is 1. The van der Waals surface area contributed by atoms with Gasteiger partial charge in [-0.2, -0.15) is 5.26 Å². The lowest BCUT2D eigenvalue weighted by Crippen LogP contribution is -2.62. The molecular weight excluding hydrogens is 445 g/mol. The fourth-order valence-corrected chi connectivity index (χ4v) is 5.44. The molecule has 35 heavy (non-hydrogen) atoms. The van der Waals surface area contributed by atoms with E-state index in [9.17, 15) is 19.2 Å². The van der Waals surface area contributed by atoms with Crippen molar-refractivity contribution >= 4 is 28.4 Å². The second kappa shape index (κ2) is 8.47. The molecule has 8 heteroatoms. The van der Waals surface area contributed by atoms with Crippen LogP contribution in [0.15, 0.2) is 24.4 Å². The summed E-state index contributed by atoms with van der Waals surface area (Å²) in [5.41, 5.74) is 0.898. The van der Waals surface area contributed by atoms with Crippen molar-refractivity contribution < 1.29 is 14.0 Å². The van der Waals surface area contributed by atoms with Gasteiger partial charge in [0, 0.05) is 50.2 Å². The molecule has 184 valence electrons. The number of carbonyl (C=O) groups excluding carboxylic acids is 2. The molecule has 2 aromatic rings. The Hall–Kier alpha value is -3.21. The normalized spacial score (nSPS) is 21.6. The molecule has 7 nitrogen and oxygen atoms in total. The van der Waals surface area contributed by atoms with E-state index in [4.69, 9.17) is 0 Å². The van der Waals surface area contributed by atoms with Crippen molar-refractivity contribution in [3.8, 4) is 6.07 Å². The molecule has 0 radical (unpaired) electrons. The molecular formula is C27H32FN5O2. The van der Waals surface area contributed by atoms with Gasteiger partial charge in [-0.05, 0) is 64.7 Å². The number of piperidine rings is 1. The van der Waals surface area contributed by atoms with E-state index in [1.165, 1.54) is 12.1 Å². The van der Waals surface area contributed by atoms with E-state index in [-0.39, 0.29) is 23.5 Å². The molecule has 0 atom stereocenters. The maximum absolute atomic E-state index is 14.3. The van der Waals surface area contributed by atoms with Crippen molar-refractivity contribution in [3.05, 3.63) is 35.8 Å². The first-order chi connectivity index (χ1) is 16.6. The summed E-state index contributed by atoms with van der Waals surface area (Å²) in [6.07, 6.45) is 4.86. The number of pyridine rings is 1. The first-order valence-corrected chi connectivity index (χ1v) is 12.5. The topological polar surface area (TPSA) is 80.5 Å². The minimum Gasteiger partial charge on any atom is -0.370 e. The van der Waals surface area contributed by atoms with Gasteiger partial charge in [-0.1, -0.05) is 0 Å². The van der Waals surface area contributed by atoms with E-state index in [0.717, 1.165) is 12.8 Å². The average molecular weight is 478 g/mol. The molecule has 5 rings (SSSR count). The van der Waals surface area contributed by atoms with E-state index in [1.54, 1.807) is 17.2 Å². The van der Waals surface area contributed by atoms with Crippen molar-refractivity contribution in [1.29, 1.82) is 5.26 Å². The highest BCUT2D eigenvalue weighted by Crippen LogP contribution is 2.38. The lowest BCUT2D eigenvalue weighted by Gasteiger charge is -2.47. The Morgan fingerprint density at radius 1 is 1.11 bits per heavy atom. The van der Waals surface area contributed by atoms with Crippen LogP contribution in [0.25, 0.3) is 10.9 Å². The fraction of sp³-hybridized carbons (Fsp3) is 0.556. The Labute approximate surface area is 205 Å². The smallest absolute Gasteiger partial charge is 0.257 e. The van der Waals surface area contributed by atoms with Gasteiger partial charge in [0.25, 0.3) is 5.91 Å². The third-order valence-corrected chi connectivity index (χ3v) is 7.87. The number of anilines is 1. The number of hydrogen-bond acceptors (Lipinski definition) is 5. The molecule has 2 amide bonds. The first kappa shape index (κ1) is 23.5. The van der Waals surface area contributed by atoms with Gasteiger partial charge < -0.3 is 14.7 Å². The number of aromatic nitrogens is 1. The number of nitriles is 1. The molecule has 1 saturated carbocycles. The molecule has 0 spiro atoms. The Balaban J connectivity index is 1.48. The second-order valence-corrected chi connectivity index (χ2v) is 11.1. The van der Waals surface area contributed by atoms with Crippen molar-refractivity contribution in [2.45, 2.75) is 52.0 Å². The van der Waals surface area contributed by atoms with Crippen LogP contribution >= 0.6 is 0 Å². The quantitative estimate of drug-likeness (QED) is 0.668. The van der Waals surface area contributed by atoms with E-state index in [2.05, 4.69) is 16.0 Å². The highest BCUT2D eigenvalue weighted by molar-refractivity contribution is 6.07. The first-order valence-electron chi connectivity index (χ1n) is 12.5. The minimum absolute atomic E-state index is 0.140. The van der Waals surface area contributed by atoms with Gasteiger partial charge in [0.15, 0.2) is 0 Å². The molecule has 0 unspecified atom stereocenters. The number of amides is 2. The molecule has 1 aromatic heterocycles. The van der Waals surface area contributed by atoms with Gasteiger partial charge in [-0.3, -0.25) is 14.6 Å². The zero-order chi connectivity index (χ0) is 25.0. The van der Waals surface area contributed by atoms with Crippen LogP contribution in [0, 0.1) is 28.5 Å². The van der Waals surface area contributed by atoms with Crippen LogP contribution in [0.5, 0.6) is 0 Å². The largest absolute Gasteiger partial charge is 0.370 e. The van der Waals surface area contributed by atoms with E-state index >= 15 is 0 Å². The van der Waals surface area contributed by atoms with E-state index < -0.39 is 11.0 Å². The van der Waals surface area contributed by atoms with Crippen LogP contribution < -0.4 is 4.90 Å². The summed E-state index contributed by atoms with van der Waals surface area (Å²) >= 11 is 0. The van der Waals surface area contributed by atoms with Crippen molar-refractivity contribution in [2.75, 3.05) is 37.6 Å². The number of benzene rings is 1. The number of nitrogens with zero attached hydrogens (tertiary/aromatic N) is 5. The SMILES string of the molecule is CC1(C#N)CCN(c2c(C(=O)N3CCN(C(=O)C4CC4)C(C)(C)C3)cnc3ccc(F)cc23)CC1. The number of carbonyl (C=O) groups is 2. The van der Waals surface area contributed by atoms with Crippen LogP contribution in [0.3, 0.4) is 0 Å². The molecule has 0 bridgehead atoms. The summed E-state index contributed by atoms with van der Waals surface area (Å²) in [5.74, 6) is -0.198. The van der Waals surface area contributed by atoms with Crippen molar-refractivity contribution in [3.63, 3.8) is 0 Å². The zero-order valence-electron chi connectivity index (χ0n) is 20.7. The van der Waals surface area contributed by atoms with Crippen LogP contribution in [0.4, 0.5) is 10.1 Å². The number of fused-ring (bicyclic) bond motifs is 1. The van der Waals surface area contributed by atoms with Crippen LogP contribution in [-0.4, -0.2) is 64.9 Å². The van der Waals surface area contributed by atoms with E-state index in [0.29, 0.717) is 67.7 Å². The maximum atomic E-state index is 14.3. The predicted octanol–water partition coefficient (Wildman–Crippen LogP) is 3.98. The second-order valence-electron chi connectivity index (χ2n) is 11.1. The Morgan fingerprint density at radius 2 is 1.83 bits per heavy atom. The zero-order valence-corrected chi connectivity index (χ0v) is 20.7. The molecule has 3 aliphatic rings. The summed E-state index contributed by atoms with van der Waals surface area (Å²) in [6.45, 7) is 8.58. The number of piperazine rings is 1. The molecule has 0 N–H and O–H groups in total. The Kier molecular flexibility index (Phi) is 5.70. The van der Waals surface area contributed by atoms with Gasteiger partial charge in [-0.25, -0.2) is 4.39 Å². The van der Waals surface area contributed by atoms with Crippen molar-refractivity contribution in [1.82, 2.24) is 14.8 Å². The number of hydrogen-bond donors (Lipinski definition) is 0. The van der Waals surface area contributed by atoms with Gasteiger partial charge in [0.1, 0.15) is 5.82 Å². The van der Waals surface area contributed by atoms with Gasteiger partial charge >= 0.3 is 0 Å². The predicted molar refractivity (Wildman–Crippen MR) is 131 cm³/mol. The van der Waals surface area contributed by atoms with Gasteiger partial charge in [-0.15, -0.1) is 0 Å². The molecule has 2 aliphatic heterocycles. The lowest BCUT2D eigenvalue weighted by atomic mass is 9.81. The molecule has 3 heterocycles. The summed E-state index contributed by atoms with van der Waals surface area (Å²) in [6, 6.07) is 6.88. The van der Waals surface area contributed by atoms with Crippen LogP contribution in [-0.2, 0) is 4.79 Å². The standard InChI is InChI=1S/C27H32FN5O2/c1-26(2)17-32(12-13-33(26)24(34)18-4-5-18)25(35)21-15-30-22-7-6-19(28)14-20(22)23(21)31-10-8-27(3,16-29)9-11-31/h6-7,14-15,18H,4-5,8-13,17H2,1-3H3. The number of rotatable bonds is 3. The lowest BCUT2D eigenvalue weighted by molar-refractivity contribution is -0.141. The Morgan fingerprint density at radius 3 is 2.46 bits per heavy atom. The van der Waals surface area contributed by atoms with Gasteiger partial charge in [0.05, 0.1) is 33.8 Å². The summed E-state index contributed by atoms with van der Waals surface area (Å²) < 4.78 is 14.3. The molecule has 3 fully saturated rings. The third kappa shape index (κ3) is 4.33. The van der Waals surface area contributed by atoms with Gasteiger partial charge in [0.2, 0.25) is 5.91 Å². The average Bonchev–Trinajstić information content (AvgIpc) is 3.68. The summed E-state index contributed by atoms with van der Waals surface area (Å²) in [4.78, 5) is 37.0. The monoisotopic (exact) mass is 477 g/mol. The highest BCUT2D eigenvalue weighted by Gasteiger charge is 2.44. The Bertz CT molecular complexity index is 1220. The van der Waals surface area contributed by atoms with E-state index in [1.807, 2.05) is 25.7 Å². The minimum atomic E-state index is -0.468. The molecule has 2 saturated heterocycles. The van der Waals surface area contributed by atoms with Crippen LogP contribution in [0.2, 0.25) is 0 Å². The molecule has 1 aromatic carbocycles. The third-order valence-electron chi connectivity index (χ3n) is 7.87. The summed E-state index contributed by atoms with van der Waals surface area (Å²) in [5, 5.41) is 10.2. The van der Waals surface area contributed by atoms with Crippen LogP contribution in [0.1, 0.15) is 56.8 Å².